The predicted octanol–water partition coefficient (Wildman–Crippen LogP) is 3.43. The van der Waals surface area contributed by atoms with E-state index in [2.05, 4.69) is 24.4 Å². The van der Waals surface area contributed by atoms with Crippen LogP contribution >= 0.6 is 8.60 Å². The molecule has 5 radical (unpaired) electrons. The van der Waals surface area contributed by atoms with E-state index in [9.17, 15) is 0 Å². The van der Waals surface area contributed by atoms with Crippen LogP contribution in [-0.4, -0.2) is 21.3 Å². The Labute approximate surface area is 135 Å². The summed E-state index contributed by atoms with van der Waals surface area (Å²) in [6.45, 7) is 4.50. The molecule has 0 aromatic rings. The van der Waals surface area contributed by atoms with Crippen molar-refractivity contribution >= 4 is 8.60 Å². The maximum absolute atomic E-state index is 7.50. The van der Waals surface area contributed by atoms with Crippen molar-refractivity contribution in [1.29, 1.82) is 0 Å². The Kier molecular flexibility index (Phi) is 22.2. The monoisotopic (exact) mass is 382 g/mol. The summed E-state index contributed by atoms with van der Waals surface area (Å²) in [7, 11) is 3.57. The SMILES string of the molecule is COP(OC)OC.[C-]#[O+].[CH]1[CH][CH][CH][CH]1.[Mo+]#[C]C1CCC1. The average Bonchev–Trinajstić information content (AvgIpc) is 3.02. The third-order valence-electron chi connectivity index (χ3n) is 2.27. The minimum atomic E-state index is -1.05. The summed E-state index contributed by atoms with van der Waals surface area (Å²) in [6, 6.07) is 0. The predicted molar refractivity (Wildman–Crippen MR) is 74.6 cm³/mol. The van der Waals surface area contributed by atoms with Gasteiger partial charge in [0.25, 0.3) is 0 Å². The van der Waals surface area contributed by atoms with Crippen LogP contribution in [0.2, 0.25) is 0 Å². The molecule has 0 unspecified atom stereocenters. The van der Waals surface area contributed by atoms with E-state index in [1.165, 1.54) is 19.3 Å². The van der Waals surface area contributed by atoms with Gasteiger partial charge in [-0.25, -0.2) is 0 Å². The van der Waals surface area contributed by atoms with Crippen LogP contribution in [0.25, 0.3) is 0 Å². The van der Waals surface area contributed by atoms with E-state index in [0.29, 0.717) is 0 Å². The molecule has 0 heterocycles. The van der Waals surface area contributed by atoms with Gasteiger partial charge in [0, 0.05) is 21.3 Å². The van der Waals surface area contributed by atoms with Crippen LogP contribution in [0.15, 0.2) is 0 Å². The van der Waals surface area contributed by atoms with E-state index in [1.807, 2.05) is 51.3 Å². The fourth-order valence-electron chi connectivity index (χ4n) is 1.07. The molecule has 2 aliphatic carbocycles. The Morgan fingerprint density at radius 2 is 1.35 bits per heavy atom. The fourth-order valence-corrected chi connectivity index (χ4v) is 2.10. The maximum atomic E-state index is 7.50. The number of hydrogen-bond donors (Lipinski definition) is 0. The van der Waals surface area contributed by atoms with Crippen LogP contribution < -0.4 is 0 Å². The van der Waals surface area contributed by atoms with Gasteiger partial charge in [0.15, 0.2) is 0 Å². The van der Waals surface area contributed by atoms with Gasteiger partial charge in [0.1, 0.15) is 0 Å². The Morgan fingerprint density at radius 1 is 1.00 bits per heavy atom. The summed E-state index contributed by atoms with van der Waals surface area (Å²) in [4.78, 5) is 0. The normalized spacial score (nSPS) is 16.2. The molecule has 20 heavy (non-hydrogen) atoms. The van der Waals surface area contributed by atoms with E-state index >= 15 is 0 Å². The third kappa shape index (κ3) is 14.9. The van der Waals surface area contributed by atoms with E-state index in [4.69, 9.17) is 4.65 Å². The standard InChI is InChI=1S/C5H7.C5H5.C3H9O3P.CO.Mo/c1-5-3-2-4-5;1-2-4-5-3-1;1-4-7(5-2)6-3;1-2;/h5H,2-4H2;1-5H;1-3H3;;/q;;;;+1. The molecule has 0 amide bonds. The molecular weight excluding hydrogens is 359 g/mol. The minimum absolute atomic E-state index is 0.870. The quantitative estimate of drug-likeness (QED) is 0.326. The van der Waals surface area contributed by atoms with Crippen molar-refractivity contribution in [1.82, 2.24) is 0 Å². The average molecular weight is 380 g/mol. The van der Waals surface area contributed by atoms with E-state index in [-0.39, 0.29) is 0 Å². The second kappa shape index (κ2) is 19.5. The van der Waals surface area contributed by atoms with Gasteiger partial charge in [0.2, 0.25) is 0 Å². The topological polar surface area (TPSA) is 47.6 Å². The van der Waals surface area contributed by atoms with Crippen molar-refractivity contribution in [2.24, 2.45) is 5.92 Å². The third-order valence-corrected chi connectivity index (χ3v) is 3.99. The molecule has 0 bridgehead atoms. The summed E-state index contributed by atoms with van der Waals surface area (Å²) >= 11 is 1.97. The van der Waals surface area contributed by atoms with Crippen molar-refractivity contribution in [3.63, 3.8) is 0 Å². The molecule has 2 saturated carbocycles. The van der Waals surface area contributed by atoms with Gasteiger partial charge >= 0.3 is 68.4 Å². The van der Waals surface area contributed by atoms with Crippen LogP contribution in [0.5, 0.6) is 0 Å². The van der Waals surface area contributed by atoms with Gasteiger partial charge in [-0.15, -0.1) is 0 Å². The molecule has 111 valence electrons. The van der Waals surface area contributed by atoms with Crippen molar-refractivity contribution < 1.29 is 37.4 Å². The molecule has 0 spiro atoms. The van der Waals surface area contributed by atoms with Crippen LogP contribution in [-0.2, 0) is 37.4 Å². The molecule has 2 rings (SSSR count). The Hall–Kier alpha value is 0.518. The van der Waals surface area contributed by atoms with Gasteiger partial charge in [-0.2, -0.15) is 0 Å². The number of hydrogen-bond acceptors (Lipinski definition) is 3. The van der Waals surface area contributed by atoms with Gasteiger partial charge in [-0.3, -0.25) is 0 Å². The molecule has 0 N–H and O–H groups in total. The van der Waals surface area contributed by atoms with Crippen molar-refractivity contribution in [3.05, 3.63) is 38.8 Å². The van der Waals surface area contributed by atoms with Crippen LogP contribution in [0.4, 0.5) is 0 Å². The first-order valence-corrected chi connectivity index (χ1v) is 8.05. The van der Waals surface area contributed by atoms with Gasteiger partial charge in [-0.1, -0.05) is 0 Å². The van der Waals surface area contributed by atoms with Gasteiger partial charge in [0.05, 0.1) is 0 Å². The van der Waals surface area contributed by atoms with Crippen molar-refractivity contribution in [3.8, 4) is 4.20 Å². The van der Waals surface area contributed by atoms with Crippen LogP contribution in [0.1, 0.15) is 19.3 Å². The molecule has 0 aromatic heterocycles. The molecule has 0 saturated heterocycles. The molecule has 2 fully saturated rings. The summed E-state index contributed by atoms with van der Waals surface area (Å²) < 4.78 is 24.7. The second-order valence-corrected chi connectivity index (χ2v) is 5.60. The Morgan fingerprint density at radius 3 is 1.40 bits per heavy atom. The molecule has 4 nitrogen and oxygen atoms in total. The Balaban J connectivity index is 0. The summed E-state index contributed by atoms with van der Waals surface area (Å²) in [5.74, 6) is 0.870. The van der Waals surface area contributed by atoms with Gasteiger partial charge < -0.3 is 13.6 Å². The summed E-state index contributed by atoms with van der Waals surface area (Å²) in [5.41, 5.74) is 0. The van der Waals surface area contributed by atoms with Crippen LogP contribution in [0.3, 0.4) is 0 Å². The van der Waals surface area contributed by atoms with Crippen molar-refractivity contribution in [2.45, 2.75) is 19.3 Å². The van der Waals surface area contributed by atoms with Crippen LogP contribution in [0, 0.1) is 48.9 Å². The molecule has 0 aromatic carbocycles. The molecule has 0 atom stereocenters. The first-order chi connectivity index (χ1) is 9.78. The zero-order valence-corrected chi connectivity index (χ0v) is 15.0. The molecular formula is C14H21MoO4P+. The van der Waals surface area contributed by atoms with E-state index < -0.39 is 8.60 Å². The van der Waals surface area contributed by atoms with E-state index in [1.54, 1.807) is 21.3 Å². The summed E-state index contributed by atoms with van der Waals surface area (Å²) in [5, 5.41) is 0. The molecule has 2 aliphatic rings. The first-order valence-electron chi connectivity index (χ1n) is 5.95. The number of rotatable bonds is 3. The van der Waals surface area contributed by atoms with Gasteiger partial charge in [-0.05, 0) is 32.1 Å². The first kappa shape index (κ1) is 22.8. The fraction of sp³-hybridized carbons (Fsp3) is 0.500. The Bertz CT molecular complexity index is 230. The van der Waals surface area contributed by atoms with E-state index in [0.717, 1.165) is 5.92 Å². The molecule has 0 aliphatic heterocycles. The summed E-state index contributed by atoms with van der Waals surface area (Å²) in [6.07, 6.45) is 14.2. The zero-order valence-electron chi connectivity index (χ0n) is 12.1. The van der Waals surface area contributed by atoms with Crippen molar-refractivity contribution in [2.75, 3.05) is 21.3 Å². The second-order valence-electron chi connectivity index (χ2n) is 3.48. The molecule has 6 heteroatoms. The zero-order chi connectivity index (χ0) is 15.6.